The fourth-order valence-electron chi connectivity index (χ4n) is 2.24. The van der Waals surface area contributed by atoms with Gasteiger partial charge in [0, 0.05) is 17.4 Å². The van der Waals surface area contributed by atoms with Gasteiger partial charge in [-0.2, -0.15) is 0 Å². The number of allylic oxidation sites excluding steroid dienone is 4. The molecule has 0 spiro atoms. The van der Waals surface area contributed by atoms with Gasteiger partial charge in [-0.25, -0.2) is 0 Å². The number of methoxy groups -OCH3 is 1. The minimum atomic E-state index is -0.376. The largest absolute Gasteiger partial charge is 0.501 e. The lowest BCUT2D eigenvalue weighted by molar-refractivity contribution is -0.123. The molecule has 0 amide bonds. The number of rotatable bonds is 5. The van der Waals surface area contributed by atoms with Gasteiger partial charge in [0.05, 0.1) is 7.11 Å². The van der Waals surface area contributed by atoms with Crippen molar-refractivity contribution in [3.8, 4) is 0 Å². The van der Waals surface area contributed by atoms with Crippen molar-refractivity contribution in [1.82, 2.24) is 0 Å². The van der Waals surface area contributed by atoms with Crippen LogP contribution in [0.4, 0.5) is 0 Å². The summed E-state index contributed by atoms with van der Waals surface area (Å²) in [5, 5.41) is 0. The van der Waals surface area contributed by atoms with E-state index in [1.165, 1.54) is 0 Å². The van der Waals surface area contributed by atoms with E-state index >= 15 is 0 Å². The Hall–Kier alpha value is -1.31. The summed E-state index contributed by atoms with van der Waals surface area (Å²) < 4.78 is 5.23. The zero-order chi connectivity index (χ0) is 11.5. The van der Waals surface area contributed by atoms with Crippen molar-refractivity contribution in [2.75, 3.05) is 7.11 Å². The van der Waals surface area contributed by atoms with Gasteiger partial charge in [0.25, 0.3) is 0 Å². The SMILES string of the molecule is C=CCC1(CC=C)CC(OC)=C(C)C1=O. The smallest absolute Gasteiger partial charge is 0.169 e. The molecule has 0 heterocycles. The van der Waals surface area contributed by atoms with Crippen LogP contribution in [0.2, 0.25) is 0 Å². The van der Waals surface area contributed by atoms with Crippen LogP contribution in [0.15, 0.2) is 36.6 Å². The zero-order valence-corrected chi connectivity index (χ0v) is 9.51. The van der Waals surface area contributed by atoms with Gasteiger partial charge in [0.15, 0.2) is 5.78 Å². The molecule has 0 saturated heterocycles. The summed E-state index contributed by atoms with van der Waals surface area (Å²) in [5.74, 6) is 0.989. The molecule has 0 aliphatic heterocycles. The van der Waals surface area contributed by atoms with Crippen molar-refractivity contribution in [3.05, 3.63) is 36.6 Å². The van der Waals surface area contributed by atoms with Crippen molar-refractivity contribution in [3.63, 3.8) is 0 Å². The second-order valence-electron chi connectivity index (χ2n) is 4.02. The molecule has 0 radical (unpaired) electrons. The highest BCUT2D eigenvalue weighted by atomic mass is 16.5. The summed E-state index contributed by atoms with van der Waals surface area (Å²) in [6.45, 7) is 9.26. The van der Waals surface area contributed by atoms with Crippen LogP contribution < -0.4 is 0 Å². The number of ether oxygens (including phenoxy) is 1. The Labute approximate surface area is 91.3 Å². The number of hydrogen-bond donors (Lipinski definition) is 0. The highest BCUT2D eigenvalue weighted by molar-refractivity contribution is 6.02. The molecule has 2 nitrogen and oxygen atoms in total. The second-order valence-corrected chi connectivity index (χ2v) is 4.02. The normalized spacial score (nSPS) is 19.2. The minimum absolute atomic E-state index is 0.180. The second kappa shape index (κ2) is 4.47. The molecule has 0 fully saturated rings. The molecule has 82 valence electrons. The summed E-state index contributed by atoms with van der Waals surface area (Å²) in [6, 6.07) is 0. The molecular weight excluding hydrogens is 188 g/mol. The third-order valence-corrected chi connectivity index (χ3v) is 3.06. The molecule has 0 atom stereocenters. The Bertz CT molecular complexity index is 313. The van der Waals surface area contributed by atoms with Gasteiger partial charge in [-0.3, -0.25) is 4.79 Å². The van der Waals surface area contributed by atoms with Crippen LogP contribution in [0.25, 0.3) is 0 Å². The summed E-state index contributed by atoms with van der Waals surface area (Å²) in [4.78, 5) is 12.1. The molecule has 0 aromatic heterocycles. The average Bonchev–Trinajstić information content (AvgIpc) is 2.45. The van der Waals surface area contributed by atoms with Gasteiger partial charge < -0.3 is 4.74 Å². The molecule has 0 aromatic carbocycles. The highest BCUT2D eigenvalue weighted by Crippen LogP contribution is 2.44. The van der Waals surface area contributed by atoms with Crippen LogP contribution in [-0.2, 0) is 9.53 Å². The maximum Gasteiger partial charge on any atom is 0.169 e. The third kappa shape index (κ3) is 1.89. The summed E-state index contributed by atoms with van der Waals surface area (Å²) >= 11 is 0. The van der Waals surface area contributed by atoms with Crippen molar-refractivity contribution in [2.45, 2.75) is 26.2 Å². The van der Waals surface area contributed by atoms with Crippen LogP contribution in [-0.4, -0.2) is 12.9 Å². The van der Waals surface area contributed by atoms with Crippen LogP contribution >= 0.6 is 0 Å². The van der Waals surface area contributed by atoms with E-state index in [1.54, 1.807) is 19.3 Å². The van der Waals surface area contributed by atoms with Gasteiger partial charge in [-0.05, 0) is 19.8 Å². The first kappa shape index (κ1) is 11.8. The Kier molecular flexibility index (Phi) is 3.51. The number of carbonyl (C=O) groups is 1. The van der Waals surface area contributed by atoms with E-state index < -0.39 is 0 Å². The summed E-state index contributed by atoms with van der Waals surface area (Å²) in [5.41, 5.74) is 0.375. The first-order chi connectivity index (χ1) is 7.11. The van der Waals surface area contributed by atoms with E-state index in [1.807, 2.05) is 6.92 Å². The molecule has 15 heavy (non-hydrogen) atoms. The molecule has 2 heteroatoms. The standard InChI is InChI=1S/C13H18O2/c1-5-7-13(8-6-2)9-11(15-4)10(3)12(13)14/h5-6H,1-2,7-9H2,3-4H3. The molecule has 1 aliphatic rings. The number of Topliss-reactive ketones (excluding diaryl/α,β-unsaturated/α-hetero) is 1. The topological polar surface area (TPSA) is 26.3 Å². The van der Waals surface area contributed by atoms with E-state index in [4.69, 9.17) is 4.74 Å². The van der Waals surface area contributed by atoms with E-state index in [9.17, 15) is 4.79 Å². The fourth-order valence-corrected chi connectivity index (χ4v) is 2.24. The van der Waals surface area contributed by atoms with Crippen molar-refractivity contribution < 1.29 is 9.53 Å². The third-order valence-electron chi connectivity index (χ3n) is 3.06. The summed E-state index contributed by atoms with van der Waals surface area (Å²) in [6.07, 6.45) is 5.64. The first-order valence-electron chi connectivity index (χ1n) is 5.11. The minimum Gasteiger partial charge on any atom is -0.501 e. The lowest BCUT2D eigenvalue weighted by atomic mass is 9.77. The molecule has 1 aliphatic carbocycles. The zero-order valence-electron chi connectivity index (χ0n) is 9.51. The van der Waals surface area contributed by atoms with Gasteiger partial charge in [0.1, 0.15) is 5.76 Å². The lowest BCUT2D eigenvalue weighted by Crippen LogP contribution is -2.26. The van der Waals surface area contributed by atoms with E-state index in [2.05, 4.69) is 13.2 Å². The van der Waals surface area contributed by atoms with Crippen LogP contribution in [0.5, 0.6) is 0 Å². The first-order valence-corrected chi connectivity index (χ1v) is 5.11. The van der Waals surface area contributed by atoms with Crippen LogP contribution in [0.1, 0.15) is 26.2 Å². The molecule has 0 N–H and O–H groups in total. The van der Waals surface area contributed by atoms with Gasteiger partial charge >= 0.3 is 0 Å². The van der Waals surface area contributed by atoms with Gasteiger partial charge in [0.2, 0.25) is 0 Å². The lowest BCUT2D eigenvalue weighted by Gasteiger charge is -2.24. The Balaban J connectivity index is 3.01. The van der Waals surface area contributed by atoms with E-state index in [0.717, 1.165) is 11.3 Å². The highest BCUT2D eigenvalue weighted by Gasteiger charge is 2.44. The fraction of sp³-hybridized carbons (Fsp3) is 0.462. The van der Waals surface area contributed by atoms with E-state index in [-0.39, 0.29) is 11.2 Å². The predicted octanol–water partition coefficient (Wildman–Crippen LogP) is 3.02. The predicted molar refractivity (Wildman–Crippen MR) is 61.4 cm³/mol. The maximum atomic E-state index is 12.1. The quantitative estimate of drug-likeness (QED) is 0.646. The molecular formula is C13H18O2. The van der Waals surface area contributed by atoms with Crippen LogP contribution in [0.3, 0.4) is 0 Å². The van der Waals surface area contributed by atoms with Crippen LogP contribution in [0, 0.1) is 5.41 Å². The number of ketones is 1. The van der Waals surface area contributed by atoms with Gasteiger partial charge in [-0.1, -0.05) is 12.2 Å². The summed E-state index contributed by atoms with van der Waals surface area (Å²) in [7, 11) is 1.62. The van der Waals surface area contributed by atoms with Crippen molar-refractivity contribution in [1.29, 1.82) is 0 Å². The van der Waals surface area contributed by atoms with E-state index in [0.29, 0.717) is 19.3 Å². The molecule has 0 saturated carbocycles. The molecule has 1 rings (SSSR count). The number of hydrogen-bond acceptors (Lipinski definition) is 2. The average molecular weight is 206 g/mol. The van der Waals surface area contributed by atoms with Crippen molar-refractivity contribution in [2.24, 2.45) is 5.41 Å². The van der Waals surface area contributed by atoms with Gasteiger partial charge in [-0.15, -0.1) is 13.2 Å². The Morgan fingerprint density at radius 2 is 1.93 bits per heavy atom. The molecule has 0 aromatic rings. The monoisotopic (exact) mass is 206 g/mol. The maximum absolute atomic E-state index is 12.1. The number of carbonyl (C=O) groups excluding carboxylic acids is 1. The molecule has 0 bridgehead atoms. The molecule has 0 unspecified atom stereocenters. The Morgan fingerprint density at radius 3 is 2.27 bits per heavy atom. The van der Waals surface area contributed by atoms with Crippen molar-refractivity contribution >= 4 is 5.78 Å². The Morgan fingerprint density at radius 1 is 1.40 bits per heavy atom.